The molecule has 1 aliphatic heterocycles. The van der Waals surface area contributed by atoms with Gasteiger partial charge in [-0.2, -0.15) is 0 Å². The van der Waals surface area contributed by atoms with Gasteiger partial charge in [0.15, 0.2) is 11.5 Å². The fourth-order valence-corrected chi connectivity index (χ4v) is 1.94. The Labute approximate surface area is 131 Å². The maximum atomic E-state index is 12.0. The maximum absolute atomic E-state index is 12.0. The zero-order valence-electron chi connectivity index (χ0n) is 12.0. The van der Waals surface area contributed by atoms with Crippen molar-refractivity contribution in [3.63, 3.8) is 0 Å². The quantitative estimate of drug-likeness (QED) is 0.658. The van der Waals surface area contributed by atoms with E-state index in [0.29, 0.717) is 17.3 Å². The zero-order valence-corrected chi connectivity index (χ0v) is 12.0. The fraction of sp³-hybridized carbons (Fsp3) is 0.125. The van der Waals surface area contributed by atoms with Crippen molar-refractivity contribution in [1.82, 2.24) is 10.9 Å². The largest absolute Gasteiger partial charge is 0.485 e. The second kappa shape index (κ2) is 6.69. The first-order valence-corrected chi connectivity index (χ1v) is 6.92. The van der Waals surface area contributed by atoms with Crippen molar-refractivity contribution in [2.24, 2.45) is 0 Å². The summed E-state index contributed by atoms with van der Waals surface area (Å²) in [4.78, 5) is 23.6. The van der Waals surface area contributed by atoms with E-state index in [9.17, 15) is 9.59 Å². The van der Waals surface area contributed by atoms with Crippen LogP contribution in [0.1, 0.15) is 5.76 Å². The van der Waals surface area contributed by atoms with E-state index in [1.54, 1.807) is 30.3 Å². The number of rotatable bonds is 3. The molecule has 7 heteroatoms. The van der Waals surface area contributed by atoms with Crippen molar-refractivity contribution in [3.05, 3.63) is 54.5 Å². The van der Waals surface area contributed by atoms with Crippen molar-refractivity contribution in [3.8, 4) is 11.5 Å². The molecule has 1 aliphatic rings. The van der Waals surface area contributed by atoms with E-state index in [1.807, 2.05) is 6.07 Å². The first kappa shape index (κ1) is 14.7. The monoisotopic (exact) mass is 314 g/mol. The van der Waals surface area contributed by atoms with Crippen LogP contribution in [0, 0.1) is 0 Å². The van der Waals surface area contributed by atoms with Gasteiger partial charge in [-0.3, -0.25) is 20.4 Å². The molecule has 23 heavy (non-hydrogen) atoms. The van der Waals surface area contributed by atoms with Crippen LogP contribution < -0.4 is 20.3 Å². The number of nitrogens with one attached hydrogen (secondary N) is 2. The van der Waals surface area contributed by atoms with E-state index < -0.39 is 17.9 Å². The molecule has 0 saturated heterocycles. The third-order valence-electron chi connectivity index (χ3n) is 3.05. The van der Waals surface area contributed by atoms with Gasteiger partial charge >= 0.3 is 0 Å². The van der Waals surface area contributed by atoms with Gasteiger partial charge in [-0.1, -0.05) is 12.1 Å². The highest BCUT2D eigenvalue weighted by Crippen LogP contribution is 2.30. The first-order valence-electron chi connectivity index (χ1n) is 6.92. The summed E-state index contributed by atoms with van der Waals surface area (Å²) in [6.45, 7) is 0.0704. The van der Waals surface area contributed by atoms with Crippen LogP contribution in [-0.2, 0) is 9.59 Å². The van der Waals surface area contributed by atoms with Crippen molar-refractivity contribution in [1.29, 1.82) is 0 Å². The van der Waals surface area contributed by atoms with E-state index in [4.69, 9.17) is 13.9 Å². The van der Waals surface area contributed by atoms with Crippen molar-refractivity contribution in [2.45, 2.75) is 6.10 Å². The van der Waals surface area contributed by atoms with Crippen molar-refractivity contribution in [2.75, 3.05) is 6.61 Å². The summed E-state index contributed by atoms with van der Waals surface area (Å²) in [5.74, 6) is 0.614. The first-order chi connectivity index (χ1) is 11.2. The highest BCUT2D eigenvalue weighted by atomic mass is 16.6. The van der Waals surface area contributed by atoms with Crippen LogP contribution >= 0.6 is 0 Å². The van der Waals surface area contributed by atoms with Crippen LogP contribution in [0.5, 0.6) is 11.5 Å². The fourth-order valence-electron chi connectivity index (χ4n) is 1.94. The topological polar surface area (TPSA) is 89.8 Å². The van der Waals surface area contributed by atoms with Gasteiger partial charge < -0.3 is 13.9 Å². The number of furan rings is 1. The third-order valence-corrected chi connectivity index (χ3v) is 3.05. The number of fused-ring (bicyclic) bond motifs is 1. The molecule has 1 aromatic carbocycles. The summed E-state index contributed by atoms with van der Waals surface area (Å²) in [5, 5.41) is 0. The van der Waals surface area contributed by atoms with Crippen LogP contribution in [-0.4, -0.2) is 24.5 Å². The summed E-state index contributed by atoms with van der Waals surface area (Å²) in [5.41, 5.74) is 4.55. The van der Waals surface area contributed by atoms with Gasteiger partial charge in [0.2, 0.25) is 6.10 Å². The minimum atomic E-state index is -0.834. The lowest BCUT2D eigenvalue weighted by Gasteiger charge is -2.25. The SMILES string of the molecule is O=C(/C=C/c1ccco1)NNC(=O)C1COc2ccccc2O1. The summed E-state index contributed by atoms with van der Waals surface area (Å²) in [6.07, 6.45) is 3.39. The Bertz CT molecular complexity index is 724. The molecule has 0 spiro atoms. The molecule has 3 rings (SSSR count). The Morgan fingerprint density at radius 1 is 1.09 bits per heavy atom. The third kappa shape index (κ3) is 3.70. The minimum absolute atomic E-state index is 0.0704. The molecule has 2 aromatic rings. The van der Waals surface area contributed by atoms with Gasteiger partial charge in [0.1, 0.15) is 12.4 Å². The molecule has 1 atom stereocenters. The molecule has 118 valence electrons. The molecule has 0 saturated carbocycles. The van der Waals surface area contributed by atoms with E-state index in [-0.39, 0.29) is 6.61 Å². The Morgan fingerprint density at radius 3 is 2.70 bits per heavy atom. The molecule has 2 heterocycles. The molecule has 1 unspecified atom stereocenters. The molecule has 0 aliphatic carbocycles. The van der Waals surface area contributed by atoms with Gasteiger partial charge in [-0.15, -0.1) is 0 Å². The highest BCUT2D eigenvalue weighted by molar-refractivity contribution is 5.93. The van der Waals surface area contributed by atoms with Crippen LogP contribution in [0.15, 0.2) is 53.2 Å². The van der Waals surface area contributed by atoms with E-state index in [1.165, 1.54) is 18.4 Å². The predicted octanol–water partition coefficient (Wildman–Crippen LogP) is 1.28. The summed E-state index contributed by atoms with van der Waals surface area (Å²) < 4.78 is 16.0. The number of hydrogen-bond acceptors (Lipinski definition) is 5. The maximum Gasteiger partial charge on any atom is 0.283 e. The van der Waals surface area contributed by atoms with Gasteiger partial charge in [0.25, 0.3) is 11.8 Å². The van der Waals surface area contributed by atoms with Crippen LogP contribution in [0.4, 0.5) is 0 Å². The summed E-state index contributed by atoms with van der Waals surface area (Å²) in [7, 11) is 0. The van der Waals surface area contributed by atoms with E-state index >= 15 is 0 Å². The second-order valence-electron chi connectivity index (χ2n) is 4.69. The molecule has 2 N–H and O–H groups in total. The highest BCUT2D eigenvalue weighted by Gasteiger charge is 2.27. The number of amides is 2. The van der Waals surface area contributed by atoms with Gasteiger partial charge in [0.05, 0.1) is 6.26 Å². The van der Waals surface area contributed by atoms with Crippen LogP contribution in [0.25, 0.3) is 6.08 Å². The zero-order chi connectivity index (χ0) is 16.1. The molecule has 0 fully saturated rings. The van der Waals surface area contributed by atoms with E-state index in [2.05, 4.69) is 10.9 Å². The molecular weight excluding hydrogens is 300 g/mol. The molecule has 2 amide bonds. The summed E-state index contributed by atoms with van der Waals surface area (Å²) >= 11 is 0. The number of carbonyl (C=O) groups is 2. The molecule has 7 nitrogen and oxygen atoms in total. The number of benzene rings is 1. The standard InChI is InChI=1S/C16H14N2O5/c19-15(8-7-11-4-3-9-21-11)17-18-16(20)14-10-22-12-5-1-2-6-13(12)23-14/h1-9,14H,10H2,(H,17,19)(H,18,20)/b8-7+. The van der Waals surface area contributed by atoms with Crippen LogP contribution in [0.2, 0.25) is 0 Å². The normalized spacial score (nSPS) is 16.1. The Morgan fingerprint density at radius 2 is 1.91 bits per heavy atom. The number of hydrogen-bond donors (Lipinski definition) is 2. The van der Waals surface area contributed by atoms with Gasteiger partial charge in [-0.25, -0.2) is 0 Å². The molecule has 0 bridgehead atoms. The molecule has 0 radical (unpaired) electrons. The molecular formula is C16H14N2O5. The van der Waals surface area contributed by atoms with Crippen molar-refractivity contribution >= 4 is 17.9 Å². The second-order valence-corrected chi connectivity index (χ2v) is 4.69. The lowest BCUT2D eigenvalue weighted by Crippen LogP contribution is -2.50. The lowest BCUT2D eigenvalue weighted by atomic mass is 10.2. The predicted molar refractivity (Wildman–Crippen MR) is 80.4 cm³/mol. The van der Waals surface area contributed by atoms with Crippen molar-refractivity contribution < 1.29 is 23.5 Å². The number of carbonyl (C=O) groups excluding carboxylic acids is 2. The summed E-state index contributed by atoms with van der Waals surface area (Å²) in [6, 6.07) is 10.5. The Hall–Kier alpha value is -3.22. The van der Waals surface area contributed by atoms with Crippen LogP contribution in [0.3, 0.4) is 0 Å². The number of para-hydroxylation sites is 2. The molecule has 1 aromatic heterocycles. The minimum Gasteiger partial charge on any atom is -0.485 e. The smallest absolute Gasteiger partial charge is 0.283 e. The van der Waals surface area contributed by atoms with E-state index in [0.717, 1.165) is 0 Å². The average molecular weight is 314 g/mol. The average Bonchev–Trinajstić information content (AvgIpc) is 3.11. The van der Waals surface area contributed by atoms with Gasteiger partial charge in [0, 0.05) is 6.08 Å². The Kier molecular flexibility index (Phi) is 4.28. The number of ether oxygens (including phenoxy) is 2. The Balaban J connectivity index is 1.49. The lowest BCUT2D eigenvalue weighted by molar-refractivity contribution is -0.134. The van der Waals surface area contributed by atoms with Gasteiger partial charge in [-0.05, 0) is 30.3 Å². The number of hydrazine groups is 1.